The van der Waals surface area contributed by atoms with Gasteiger partial charge in [-0.3, -0.25) is 4.90 Å². The first kappa shape index (κ1) is 10.5. The number of nitrogens with zero attached hydrogens (tertiary/aromatic N) is 2. The molecule has 0 aromatic heterocycles. The first-order valence-electron chi connectivity index (χ1n) is 4.42. The molecule has 0 aliphatic carbocycles. The third kappa shape index (κ3) is 2.19. The summed E-state index contributed by atoms with van der Waals surface area (Å²) in [5, 5.41) is 8.74. The van der Waals surface area contributed by atoms with Crippen molar-refractivity contribution in [2.75, 3.05) is 27.3 Å². The molecule has 0 radical (unpaired) electrons. The first-order chi connectivity index (χ1) is 6.22. The van der Waals surface area contributed by atoms with Crippen LogP contribution in [0.4, 0.5) is 0 Å². The van der Waals surface area contributed by atoms with E-state index in [0.29, 0.717) is 0 Å². The van der Waals surface area contributed by atoms with Crippen molar-refractivity contribution in [3.63, 3.8) is 0 Å². The smallest absolute Gasteiger partial charge is 0.0972 e. The summed E-state index contributed by atoms with van der Waals surface area (Å²) in [5.74, 6) is 0. The molecule has 0 N–H and O–H groups in total. The Kier molecular flexibility index (Phi) is 3.67. The fraction of sp³-hybridized carbons (Fsp3) is 0.889. The van der Waals surface area contributed by atoms with E-state index in [0.717, 1.165) is 13.1 Å². The number of ether oxygens (including phenoxy) is 2. The molecule has 1 rings (SSSR count). The number of methoxy groups -OCH3 is 2. The first-order valence-corrected chi connectivity index (χ1v) is 4.42. The minimum atomic E-state index is -0.0576. The highest BCUT2D eigenvalue weighted by Crippen LogP contribution is 2.17. The fourth-order valence-electron chi connectivity index (χ4n) is 1.62. The Morgan fingerprint density at radius 1 is 1.31 bits per heavy atom. The largest absolute Gasteiger partial charge is 0.377 e. The molecule has 3 unspecified atom stereocenters. The van der Waals surface area contributed by atoms with Crippen LogP contribution in [0.1, 0.15) is 6.92 Å². The van der Waals surface area contributed by atoms with Crippen molar-refractivity contribution in [3.8, 4) is 6.07 Å². The van der Waals surface area contributed by atoms with E-state index in [9.17, 15) is 0 Å². The summed E-state index contributed by atoms with van der Waals surface area (Å²) >= 11 is 0. The van der Waals surface area contributed by atoms with Gasteiger partial charge in [-0.1, -0.05) is 0 Å². The molecule has 1 aliphatic heterocycles. The second-order valence-electron chi connectivity index (χ2n) is 3.31. The molecule has 4 heteroatoms. The summed E-state index contributed by atoms with van der Waals surface area (Å²) in [6, 6.07) is 2.15. The Balaban J connectivity index is 2.53. The van der Waals surface area contributed by atoms with Gasteiger partial charge in [0, 0.05) is 27.3 Å². The van der Waals surface area contributed by atoms with Crippen molar-refractivity contribution in [2.45, 2.75) is 25.2 Å². The van der Waals surface area contributed by atoms with E-state index < -0.39 is 0 Å². The molecule has 1 fully saturated rings. The van der Waals surface area contributed by atoms with E-state index in [4.69, 9.17) is 14.7 Å². The van der Waals surface area contributed by atoms with Crippen molar-refractivity contribution in [1.29, 1.82) is 5.26 Å². The number of hydrogen-bond donors (Lipinski definition) is 0. The van der Waals surface area contributed by atoms with Gasteiger partial charge in [0.25, 0.3) is 0 Å². The third-order valence-corrected chi connectivity index (χ3v) is 2.58. The monoisotopic (exact) mass is 184 g/mol. The zero-order chi connectivity index (χ0) is 9.84. The molecule has 0 saturated carbocycles. The van der Waals surface area contributed by atoms with Crippen molar-refractivity contribution in [3.05, 3.63) is 0 Å². The molecule has 0 amide bonds. The summed E-state index contributed by atoms with van der Waals surface area (Å²) in [7, 11) is 3.36. The van der Waals surface area contributed by atoms with Gasteiger partial charge in [0.05, 0.1) is 24.3 Å². The Labute approximate surface area is 79.0 Å². The topological polar surface area (TPSA) is 45.5 Å². The van der Waals surface area contributed by atoms with Gasteiger partial charge in [-0.2, -0.15) is 5.26 Å². The SMILES string of the molecule is COC1CN(C(C)C#N)CC1OC. The second-order valence-corrected chi connectivity index (χ2v) is 3.31. The van der Waals surface area contributed by atoms with Crippen LogP contribution in [0, 0.1) is 11.3 Å². The van der Waals surface area contributed by atoms with Crippen LogP contribution in [-0.2, 0) is 9.47 Å². The minimum Gasteiger partial charge on any atom is -0.377 e. The molecule has 0 bridgehead atoms. The van der Waals surface area contributed by atoms with Gasteiger partial charge in [-0.25, -0.2) is 0 Å². The minimum absolute atomic E-state index is 0.0576. The fourth-order valence-corrected chi connectivity index (χ4v) is 1.62. The quantitative estimate of drug-likeness (QED) is 0.630. The van der Waals surface area contributed by atoms with Gasteiger partial charge in [0.2, 0.25) is 0 Å². The molecule has 0 spiro atoms. The second kappa shape index (κ2) is 4.56. The Bertz CT molecular complexity index is 190. The molecule has 4 nitrogen and oxygen atoms in total. The normalized spacial score (nSPS) is 31.5. The van der Waals surface area contributed by atoms with Gasteiger partial charge >= 0.3 is 0 Å². The van der Waals surface area contributed by atoms with Crippen molar-refractivity contribution in [2.24, 2.45) is 0 Å². The Morgan fingerprint density at radius 2 is 1.77 bits per heavy atom. The number of rotatable bonds is 3. The molecule has 0 aromatic rings. The average molecular weight is 184 g/mol. The maximum absolute atomic E-state index is 8.74. The lowest BCUT2D eigenvalue weighted by Gasteiger charge is -2.16. The molecular weight excluding hydrogens is 168 g/mol. The van der Waals surface area contributed by atoms with Crippen LogP contribution in [0.25, 0.3) is 0 Å². The highest BCUT2D eigenvalue weighted by molar-refractivity contribution is 4.95. The van der Waals surface area contributed by atoms with E-state index in [1.165, 1.54) is 0 Å². The zero-order valence-corrected chi connectivity index (χ0v) is 8.36. The molecule has 74 valence electrons. The van der Waals surface area contributed by atoms with Crippen LogP contribution in [0.5, 0.6) is 0 Å². The highest BCUT2D eigenvalue weighted by atomic mass is 16.5. The van der Waals surface area contributed by atoms with E-state index in [2.05, 4.69) is 11.0 Å². The Morgan fingerprint density at radius 3 is 2.08 bits per heavy atom. The lowest BCUT2D eigenvalue weighted by molar-refractivity contribution is -0.00461. The van der Waals surface area contributed by atoms with Crippen LogP contribution in [0.15, 0.2) is 0 Å². The maximum Gasteiger partial charge on any atom is 0.0972 e. The molecule has 13 heavy (non-hydrogen) atoms. The lowest BCUT2D eigenvalue weighted by atomic mass is 10.3. The summed E-state index contributed by atoms with van der Waals surface area (Å²) in [5.41, 5.74) is 0. The maximum atomic E-state index is 8.74. The summed E-state index contributed by atoms with van der Waals surface area (Å²) < 4.78 is 10.5. The van der Waals surface area contributed by atoms with Crippen LogP contribution in [-0.4, -0.2) is 50.5 Å². The van der Waals surface area contributed by atoms with E-state index >= 15 is 0 Å². The lowest BCUT2D eigenvalue weighted by Crippen LogP contribution is -2.30. The Hall–Kier alpha value is -0.630. The van der Waals surface area contributed by atoms with Crippen LogP contribution in [0.3, 0.4) is 0 Å². The molecule has 0 aromatic carbocycles. The van der Waals surface area contributed by atoms with Crippen molar-refractivity contribution in [1.82, 2.24) is 4.90 Å². The van der Waals surface area contributed by atoms with E-state index in [1.807, 2.05) is 6.92 Å². The van der Waals surface area contributed by atoms with Crippen molar-refractivity contribution < 1.29 is 9.47 Å². The van der Waals surface area contributed by atoms with E-state index in [-0.39, 0.29) is 18.2 Å². The van der Waals surface area contributed by atoms with Crippen molar-refractivity contribution >= 4 is 0 Å². The van der Waals surface area contributed by atoms with Gasteiger partial charge in [0.15, 0.2) is 0 Å². The van der Waals surface area contributed by atoms with Gasteiger partial charge in [-0.15, -0.1) is 0 Å². The third-order valence-electron chi connectivity index (χ3n) is 2.58. The van der Waals surface area contributed by atoms with Gasteiger partial charge < -0.3 is 9.47 Å². The van der Waals surface area contributed by atoms with Gasteiger partial charge in [-0.05, 0) is 6.92 Å². The van der Waals surface area contributed by atoms with Crippen LogP contribution < -0.4 is 0 Å². The molecule has 1 heterocycles. The number of hydrogen-bond acceptors (Lipinski definition) is 4. The highest BCUT2D eigenvalue weighted by Gasteiger charge is 2.34. The van der Waals surface area contributed by atoms with E-state index in [1.54, 1.807) is 14.2 Å². The number of nitriles is 1. The summed E-state index contributed by atoms with van der Waals surface area (Å²) in [4.78, 5) is 2.07. The summed E-state index contributed by atoms with van der Waals surface area (Å²) in [6.45, 7) is 3.46. The molecule has 1 aliphatic rings. The summed E-state index contributed by atoms with van der Waals surface area (Å²) in [6.07, 6.45) is 0.196. The molecular formula is C9H16N2O2. The standard InChI is InChI=1S/C9H16N2O2/c1-7(4-10)11-5-8(12-2)9(6-11)13-3/h7-9H,5-6H2,1-3H3. The predicted molar refractivity (Wildman–Crippen MR) is 48.2 cm³/mol. The zero-order valence-electron chi connectivity index (χ0n) is 8.36. The predicted octanol–water partition coefficient (Wildman–Crippen LogP) is 0.244. The average Bonchev–Trinajstić information content (AvgIpc) is 2.59. The van der Waals surface area contributed by atoms with Crippen LogP contribution >= 0.6 is 0 Å². The molecule has 1 saturated heterocycles. The van der Waals surface area contributed by atoms with Gasteiger partial charge in [0.1, 0.15) is 0 Å². The number of likely N-dealkylation sites (tertiary alicyclic amines) is 1. The molecule has 3 atom stereocenters. The van der Waals surface area contributed by atoms with Crippen LogP contribution in [0.2, 0.25) is 0 Å².